The number of halogens is 1. The van der Waals surface area contributed by atoms with Gasteiger partial charge in [0.05, 0.1) is 19.8 Å². The van der Waals surface area contributed by atoms with Crippen LogP contribution in [0.5, 0.6) is 11.5 Å². The van der Waals surface area contributed by atoms with Gasteiger partial charge in [0.25, 0.3) is 0 Å². The van der Waals surface area contributed by atoms with Gasteiger partial charge in [-0.25, -0.2) is 9.07 Å². The Labute approximate surface area is 188 Å². The van der Waals surface area contributed by atoms with Crippen molar-refractivity contribution < 1.29 is 18.7 Å². The van der Waals surface area contributed by atoms with Gasteiger partial charge in [-0.05, 0) is 36.2 Å². The summed E-state index contributed by atoms with van der Waals surface area (Å²) in [5, 5.41) is 8.13. The number of primary amides is 1. The van der Waals surface area contributed by atoms with Crippen LogP contribution in [0.3, 0.4) is 0 Å². The number of thioether (sulfide) groups is 1. The predicted molar refractivity (Wildman–Crippen MR) is 119 cm³/mol. The zero-order chi connectivity index (χ0) is 22.8. The van der Waals surface area contributed by atoms with Crippen molar-refractivity contribution in [1.82, 2.24) is 14.8 Å². The third-order valence-electron chi connectivity index (χ3n) is 5.14. The number of allylic oxidation sites excluding steroid dienone is 1. The fourth-order valence-electron chi connectivity index (χ4n) is 3.60. The fraction of sp³-hybridized carbons (Fsp3) is 0.227. The number of hydrogen-bond donors (Lipinski definition) is 2. The average Bonchev–Trinajstić information content (AvgIpc) is 3.19. The van der Waals surface area contributed by atoms with E-state index >= 15 is 0 Å². The number of rotatable bonds is 7. The van der Waals surface area contributed by atoms with Crippen LogP contribution in [0, 0.1) is 5.82 Å². The van der Waals surface area contributed by atoms with E-state index < -0.39 is 11.9 Å². The fourth-order valence-corrected chi connectivity index (χ4v) is 4.42. The maximum absolute atomic E-state index is 14.0. The summed E-state index contributed by atoms with van der Waals surface area (Å²) in [6.45, 7) is 1.76. The van der Waals surface area contributed by atoms with Crippen molar-refractivity contribution in [2.24, 2.45) is 5.73 Å². The van der Waals surface area contributed by atoms with E-state index in [0.717, 1.165) is 5.56 Å². The summed E-state index contributed by atoms with van der Waals surface area (Å²) in [6, 6.07) is 11.3. The summed E-state index contributed by atoms with van der Waals surface area (Å²) in [5.74, 6) is 1.05. The summed E-state index contributed by atoms with van der Waals surface area (Å²) in [6.07, 6.45) is 0. The molecular formula is C22H22FN5O3S. The van der Waals surface area contributed by atoms with Crippen molar-refractivity contribution in [2.75, 3.05) is 19.5 Å². The molecule has 0 radical (unpaired) electrons. The lowest BCUT2D eigenvalue weighted by Crippen LogP contribution is -2.31. The third-order valence-corrected chi connectivity index (χ3v) is 6.02. The van der Waals surface area contributed by atoms with Crippen molar-refractivity contribution >= 4 is 23.6 Å². The molecule has 3 N–H and O–H groups in total. The van der Waals surface area contributed by atoms with Crippen LogP contribution >= 0.6 is 11.8 Å². The Balaban J connectivity index is 1.73. The minimum absolute atomic E-state index is 0.279. The molecule has 10 heteroatoms. The van der Waals surface area contributed by atoms with E-state index in [2.05, 4.69) is 15.4 Å². The number of aromatic nitrogens is 3. The number of hydrogen-bond acceptors (Lipinski definition) is 7. The maximum Gasteiger partial charge on any atom is 0.248 e. The molecule has 0 bridgehead atoms. The van der Waals surface area contributed by atoms with Gasteiger partial charge < -0.3 is 20.5 Å². The van der Waals surface area contributed by atoms with Crippen LogP contribution < -0.4 is 20.5 Å². The monoisotopic (exact) mass is 455 g/mol. The molecular weight excluding hydrogens is 433 g/mol. The number of carbonyl (C=O) groups is 1. The molecule has 4 rings (SSSR count). The second kappa shape index (κ2) is 8.91. The molecule has 1 aliphatic heterocycles. The van der Waals surface area contributed by atoms with Crippen LogP contribution in [-0.2, 0) is 10.5 Å². The van der Waals surface area contributed by atoms with Crippen LogP contribution in [-0.4, -0.2) is 34.9 Å². The first-order valence-corrected chi connectivity index (χ1v) is 10.7. The number of anilines is 1. The van der Waals surface area contributed by atoms with E-state index in [-0.39, 0.29) is 5.82 Å². The summed E-state index contributed by atoms with van der Waals surface area (Å²) in [7, 11) is 3.09. The maximum atomic E-state index is 14.0. The lowest BCUT2D eigenvalue weighted by atomic mass is 9.95. The zero-order valence-electron chi connectivity index (χ0n) is 17.8. The smallest absolute Gasteiger partial charge is 0.248 e. The number of amides is 1. The first-order chi connectivity index (χ1) is 15.4. The van der Waals surface area contributed by atoms with Crippen LogP contribution in [0.2, 0.25) is 0 Å². The highest BCUT2D eigenvalue weighted by Crippen LogP contribution is 2.39. The van der Waals surface area contributed by atoms with Gasteiger partial charge in [0.1, 0.15) is 11.9 Å². The standard InChI is InChI=1S/C22H22FN5O3S/c1-12-18(20(24)29)19(13-8-9-16(30-2)17(10-13)31-3)28-21(25-12)26-22(27-28)32-11-14-6-4-5-7-15(14)23/h4-10,19H,11H2,1-3H3,(H2,24,29)(H,25,26,27). The first-order valence-electron chi connectivity index (χ1n) is 9.75. The number of methoxy groups -OCH3 is 2. The number of nitrogens with two attached hydrogens (primary N) is 1. The van der Waals surface area contributed by atoms with Crippen LogP contribution in [0.4, 0.5) is 10.3 Å². The molecule has 0 saturated carbocycles. The molecule has 1 aromatic heterocycles. The number of benzene rings is 2. The van der Waals surface area contributed by atoms with Crippen LogP contribution in [0.1, 0.15) is 24.1 Å². The van der Waals surface area contributed by atoms with Gasteiger partial charge in [0, 0.05) is 11.4 Å². The Kier molecular flexibility index (Phi) is 6.04. The normalized spacial score (nSPS) is 15.2. The van der Waals surface area contributed by atoms with Gasteiger partial charge in [0.15, 0.2) is 11.5 Å². The minimum atomic E-state index is -0.612. The number of nitrogens with one attached hydrogen (secondary N) is 1. The molecule has 0 spiro atoms. The molecule has 1 aliphatic rings. The minimum Gasteiger partial charge on any atom is -0.493 e. The van der Waals surface area contributed by atoms with Crippen molar-refractivity contribution in [2.45, 2.75) is 23.9 Å². The molecule has 3 aromatic rings. The Bertz CT molecular complexity index is 1210. The number of fused-ring (bicyclic) bond motifs is 1. The summed E-state index contributed by atoms with van der Waals surface area (Å²) in [4.78, 5) is 16.9. The summed E-state index contributed by atoms with van der Waals surface area (Å²) >= 11 is 1.30. The first kappa shape index (κ1) is 21.7. The lowest BCUT2D eigenvalue weighted by Gasteiger charge is -2.28. The second-order valence-electron chi connectivity index (χ2n) is 7.09. The molecule has 32 heavy (non-hydrogen) atoms. The summed E-state index contributed by atoms with van der Waals surface area (Å²) < 4.78 is 26.3. The third kappa shape index (κ3) is 4.01. The summed E-state index contributed by atoms with van der Waals surface area (Å²) in [5.41, 5.74) is 7.96. The van der Waals surface area contributed by atoms with Gasteiger partial charge in [-0.15, -0.1) is 5.10 Å². The molecule has 2 aromatic carbocycles. The van der Waals surface area contributed by atoms with E-state index in [0.29, 0.717) is 45.2 Å². The molecule has 8 nitrogen and oxygen atoms in total. The highest BCUT2D eigenvalue weighted by molar-refractivity contribution is 7.98. The topological polar surface area (TPSA) is 104 Å². The Morgan fingerprint density at radius 2 is 1.97 bits per heavy atom. The van der Waals surface area contributed by atoms with Gasteiger partial charge in [-0.2, -0.15) is 4.98 Å². The largest absolute Gasteiger partial charge is 0.493 e. The average molecular weight is 456 g/mol. The van der Waals surface area contributed by atoms with E-state index in [1.54, 1.807) is 56.2 Å². The lowest BCUT2D eigenvalue weighted by molar-refractivity contribution is -0.115. The van der Waals surface area contributed by atoms with Crippen molar-refractivity contribution in [3.63, 3.8) is 0 Å². The van der Waals surface area contributed by atoms with Crippen molar-refractivity contribution in [3.05, 3.63) is 70.7 Å². The molecule has 1 atom stereocenters. The van der Waals surface area contributed by atoms with E-state index in [4.69, 9.17) is 15.2 Å². The van der Waals surface area contributed by atoms with Crippen molar-refractivity contribution in [3.8, 4) is 11.5 Å². The van der Waals surface area contributed by atoms with Crippen molar-refractivity contribution in [1.29, 1.82) is 0 Å². The molecule has 1 unspecified atom stereocenters. The second-order valence-corrected chi connectivity index (χ2v) is 8.03. The SMILES string of the molecule is COc1ccc(C2C(C(N)=O)=C(C)Nc3nc(SCc4ccccc4F)nn32)cc1OC. The highest BCUT2D eigenvalue weighted by atomic mass is 32.2. The predicted octanol–water partition coefficient (Wildman–Crippen LogP) is 3.50. The van der Waals surface area contributed by atoms with Gasteiger partial charge in [0.2, 0.25) is 17.0 Å². The van der Waals surface area contributed by atoms with Gasteiger partial charge >= 0.3 is 0 Å². The number of carbonyl (C=O) groups excluding carboxylic acids is 1. The molecule has 0 aliphatic carbocycles. The molecule has 2 heterocycles. The van der Waals surface area contributed by atoms with E-state index in [1.165, 1.54) is 17.8 Å². The number of ether oxygens (including phenoxy) is 2. The van der Waals surface area contributed by atoms with Crippen LogP contribution in [0.25, 0.3) is 0 Å². The Morgan fingerprint density at radius 1 is 1.22 bits per heavy atom. The molecule has 0 saturated heterocycles. The van der Waals surface area contributed by atoms with Gasteiger partial charge in [-0.3, -0.25) is 4.79 Å². The quantitative estimate of drug-likeness (QED) is 0.526. The highest BCUT2D eigenvalue weighted by Gasteiger charge is 2.34. The number of nitrogens with zero attached hydrogens (tertiary/aromatic N) is 3. The van der Waals surface area contributed by atoms with Gasteiger partial charge in [-0.1, -0.05) is 36.0 Å². The zero-order valence-corrected chi connectivity index (χ0v) is 18.6. The Hall–Kier alpha value is -3.53. The van der Waals surface area contributed by atoms with E-state index in [1.807, 2.05) is 6.07 Å². The van der Waals surface area contributed by atoms with E-state index in [9.17, 15) is 9.18 Å². The molecule has 166 valence electrons. The molecule has 0 fully saturated rings. The van der Waals surface area contributed by atoms with Crippen LogP contribution in [0.15, 0.2) is 58.9 Å². The Morgan fingerprint density at radius 3 is 2.66 bits per heavy atom. The molecule has 1 amide bonds.